The Morgan fingerprint density at radius 1 is 1.33 bits per heavy atom. The van der Waals surface area contributed by atoms with E-state index in [0.29, 0.717) is 11.4 Å². The van der Waals surface area contributed by atoms with Crippen LogP contribution in [-0.2, 0) is 9.84 Å². The van der Waals surface area contributed by atoms with Gasteiger partial charge in [-0.2, -0.15) is 0 Å². The fourth-order valence-electron chi connectivity index (χ4n) is 2.68. The molecule has 0 aromatic heterocycles. The van der Waals surface area contributed by atoms with Crippen molar-refractivity contribution in [2.45, 2.75) is 25.2 Å². The molecule has 2 rings (SSSR count). The van der Waals surface area contributed by atoms with Gasteiger partial charge in [-0.3, -0.25) is 4.99 Å². The van der Waals surface area contributed by atoms with Crippen LogP contribution < -0.4 is 5.32 Å². The van der Waals surface area contributed by atoms with Gasteiger partial charge >= 0.3 is 0 Å². The number of hydrogen-bond acceptors (Lipinski definition) is 3. The fraction of sp³-hybridized carbons (Fsp3) is 0.562. The van der Waals surface area contributed by atoms with E-state index >= 15 is 0 Å². The highest BCUT2D eigenvalue weighted by molar-refractivity contribution is 14.0. The van der Waals surface area contributed by atoms with Crippen molar-refractivity contribution in [1.29, 1.82) is 0 Å². The third kappa shape index (κ3) is 5.87. The Bertz CT molecular complexity index is 675. The molecule has 136 valence electrons. The zero-order valence-electron chi connectivity index (χ0n) is 14.3. The second-order valence-electron chi connectivity index (χ2n) is 6.58. The molecule has 0 amide bonds. The van der Waals surface area contributed by atoms with Gasteiger partial charge in [0.05, 0.1) is 10.6 Å². The lowest BCUT2D eigenvalue weighted by Gasteiger charge is -2.23. The van der Waals surface area contributed by atoms with Crippen LogP contribution in [0.25, 0.3) is 0 Å². The van der Waals surface area contributed by atoms with E-state index in [9.17, 15) is 8.42 Å². The van der Waals surface area contributed by atoms with Crippen LogP contribution in [0.15, 0.2) is 38.6 Å². The maximum atomic E-state index is 12.3. The second-order valence-corrected chi connectivity index (χ2v) is 9.61. The highest BCUT2D eigenvalue weighted by Crippen LogP contribution is 2.28. The first-order valence-electron chi connectivity index (χ1n) is 7.67. The van der Waals surface area contributed by atoms with Crippen LogP contribution in [0.4, 0.5) is 0 Å². The monoisotopic (exact) mass is 529 g/mol. The lowest BCUT2D eigenvalue weighted by atomic mass is 9.93. The van der Waals surface area contributed by atoms with E-state index in [1.54, 1.807) is 31.3 Å². The van der Waals surface area contributed by atoms with Crippen LogP contribution in [-0.4, -0.2) is 51.7 Å². The topological polar surface area (TPSA) is 61.8 Å². The molecule has 0 bridgehead atoms. The van der Waals surface area contributed by atoms with Crippen LogP contribution >= 0.6 is 39.9 Å². The molecule has 1 N–H and O–H groups in total. The van der Waals surface area contributed by atoms with Gasteiger partial charge in [-0.15, -0.1) is 24.0 Å². The molecule has 1 aliphatic heterocycles. The van der Waals surface area contributed by atoms with E-state index in [2.05, 4.69) is 45.0 Å². The molecule has 0 radical (unpaired) electrons. The minimum Gasteiger partial charge on any atom is -0.355 e. The summed E-state index contributed by atoms with van der Waals surface area (Å²) in [7, 11) is -1.55. The number of sulfone groups is 1. The molecule has 0 spiro atoms. The Balaban J connectivity index is 0.00000288. The molecule has 1 heterocycles. The summed E-state index contributed by atoms with van der Waals surface area (Å²) in [5, 5.41) is 3.17. The Hall–Kier alpha value is -0.350. The Morgan fingerprint density at radius 3 is 2.46 bits per heavy atom. The first-order chi connectivity index (χ1) is 10.7. The number of rotatable bonds is 4. The Labute approximate surface area is 170 Å². The summed E-state index contributed by atoms with van der Waals surface area (Å²) in [5.74, 6) is 0.826. The molecular weight excluding hydrogens is 505 g/mol. The number of likely N-dealkylation sites (tertiary alicyclic amines) is 1. The normalized spacial score (nSPS) is 17.5. The molecule has 24 heavy (non-hydrogen) atoms. The van der Waals surface area contributed by atoms with Gasteiger partial charge in [-0.25, -0.2) is 8.42 Å². The molecule has 8 heteroatoms. The summed E-state index contributed by atoms with van der Waals surface area (Å²) in [6, 6.07) is 6.73. The number of guanidine groups is 1. The van der Waals surface area contributed by atoms with Crippen LogP contribution in [0, 0.1) is 5.41 Å². The third-order valence-electron chi connectivity index (χ3n) is 4.02. The van der Waals surface area contributed by atoms with E-state index in [-0.39, 0.29) is 35.1 Å². The van der Waals surface area contributed by atoms with E-state index in [4.69, 9.17) is 0 Å². The lowest BCUT2D eigenvalue weighted by Crippen LogP contribution is -2.42. The summed E-state index contributed by atoms with van der Waals surface area (Å²) in [6.45, 7) is 6.71. The van der Waals surface area contributed by atoms with Crippen molar-refractivity contribution in [3.63, 3.8) is 0 Å². The smallest absolute Gasteiger partial charge is 0.193 e. The summed E-state index contributed by atoms with van der Waals surface area (Å²) in [6.07, 6.45) is 1.12. The number of nitrogens with zero attached hydrogens (tertiary/aromatic N) is 2. The van der Waals surface area contributed by atoms with Crippen LogP contribution in [0.2, 0.25) is 0 Å². The predicted octanol–water partition coefficient (Wildman–Crippen LogP) is 3.15. The molecule has 0 unspecified atom stereocenters. The van der Waals surface area contributed by atoms with Gasteiger partial charge in [0.15, 0.2) is 15.8 Å². The van der Waals surface area contributed by atoms with Crippen LogP contribution in [0.5, 0.6) is 0 Å². The van der Waals surface area contributed by atoms with Crippen LogP contribution in [0.1, 0.15) is 20.3 Å². The van der Waals surface area contributed by atoms with E-state index in [1.807, 2.05) is 0 Å². The van der Waals surface area contributed by atoms with Gasteiger partial charge < -0.3 is 10.2 Å². The van der Waals surface area contributed by atoms with Crippen molar-refractivity contribution in [2.24, 2.45) is 10.4 Å². The van der Waals surface area contributed by atoms with E-state index in [1.165, 1.54) is 0 Å². The van der Waals surface area contributed by atoms with Crippen molar-refractivity contribution in [2.75, 3.05) is 32.4 Å². The zero-order chi connectivity index (χ0) is 17.1. The standard InChI is InChI=1S/C16H24BrN3O2S.HI/c1-16(2)8-10-20(12-16)15(18-3)19-9-11-23(21,22)14-6-4-13(17)5-7-14;/h4-7H,8-12H2,1-3H3,(H,18,19);1H. The molecule has 0 saturated carbocycles. The highest BCUT2D eigenvalue weighted by atomic mass is 127. The molecule has 1 saturated heterocycles. The maximum absolute atomic E-state index is 12.3. The Kier molecular flexibility index (Phi) is 7.99. The van der Waals surface area contributed by atoms with Crippen LogP contribution in [0.3, 0.4) is 0 Å². The minimum atomic E-state index is -3.28. The first-order valence-corrected chi connectivity index (χ1v) is 10.1. The maximum Gasteiger partial charge on any atom is 0.193 e. The number of halogens is 2. The largest absolute Gasteiger partial charge is 0.355 e. The highest BCUT2D eigenvalue weighted by Gasteiger charge is 2.30. The number of benzene rings is 1. The third-order valence-corrected chi connectivity index (χ3v) is 6.28. The first kappa shape index (κ1) is 21.7. The predicted molar refractivity (Wildman–Crippen MR) is 113 cm³/mol. The van der Waals surface area contributed by atoms with Gasteiger partial charge in [0.2, 0.25) is 0 Å². The zero-order valence-corrected chi connectivity index (χ0v) is 19.0. The average Bonchev–Trinajstić information content (AvgIpc) is 2.84. The fourth-order valence-corrected chi connectivity index (χ4v) is 4.10. The summed E-state index contributed by atoms with van der Waals surface area (Å²) in [4.78, 5) is 6.80. The molecule has 1 aliphatic rings. The second kappa shape index (κ2) is 8.84. The van der Waals surface area contributed by atoms with Gasteiger partial charge in [-0.1, -0.05) is 29.8 Å². The minimum absolute atomic E-state index is 0. The molecule has 1 aromatic carbocycles. The molecular formula is C16H25BrIN3O2S. The van der Waals surface area contributed by atoms with Gasteiger partial charge in [0.25, 0.3) is 0 Å². The van der Waals surface area contributed by atoms with Crippen molar-refractivity contribution >= 4 is 55.7 Å². The summed E-state index contributed by atoms with van der Waals surface area (Å²) < 4.78 is 25.5. The molecule has 1 fully saturated rings. The SMILES string of the molecule is CN=C(NCCS(=O)(=O)c1ccc(Br)cc1)N1CCC(C)(C)C1.I. The van der Waals surface area contributed by atoms with Gasteiger partial charge in [-0.05, 0) is 36.1 Å². The molecule has 0 atom stereocenters. The van der Waals surface area contributed by atoms with Gasteiger partial charge in [0, 0.05) is 31.2 Å². The van der Waals surface area contributed by atoms with E-state index in [0.717, 1.165) is 29.9 Å². The molecule has 5 nitrogen and oxygen atoms in total. The van der Waals surface area contributed by atoms with Crippen molar-refractivity contribution < 1.29 is 8.42 Å². The van der Waals surface area contributed by atoms with E-state index < -0.39 is 9.84 Å². The molecule has 0 aliphatic carbocycles. The number of nitrogens with one attached hydrogen (secondary N) is 1. The number of hydrogen-bond donors (Lipinski definition) is 1. The van der Waals surface area contributed by atoms with Crippen molar-refractivity contribution in [3.05, 3.63) is 28.7 Å². The lowest BCUT2D eigenvalue weighted by molar-refractivity contribution is 0.370. The van der Waals surface area contributed by atoms with Gasteiger partial charge in [0.1, 0.15) is 0 Å². The summed E-state index contributed by atoms with van der Waals surface area (Å²) in [5.41, 5.74) is 0.279. The molecule has 1 aromatic rings. The van der Waals surface area contributed by atoms with Crippen molar-refractivity contribution in [1.82, 2.24) is 10.2 Å². The average molecular weight is 530 g/mol. The summed E-state index contributed by atoms with van der Waals surface area (Å²) >= 11 is 3.31. The Morgan fingerprint density at radius 2 is 1.96 bits per heavy atom. The quantitative estimate of drug-likeness (QED) is 0.370. The van der Waals surface area contributed by atoms with Crippen molar-refractivity contribution in [3.8, 4) is 0 Å². The number of aliphatic imine (C=N–C) groups is 1.